The van der Waals surface area contributed by atoms with E-state index in [9.17, 15) is 0 Å². The smallest absolute Gasteiger partial charge is 0.227 e. The summed E-state index contributed by atoms with van der Waals surface area (Å²) < 4.78 is 6.14. The maximum atomic E-state index is 6.14. The summed E-state index contributed by atoms with van der Waals surface area (Å²) in [5, 5.41) is 4.89. The van der Waals surface area contributed by atoms with Gasteiger partial charge in [0.2, 0.25) is 5.89 Å². The molecule has 35 heavy (non-hydrogen) atoms. The van der Waals surface area contributed by atoms with Crippen molar-refractivity contribution in [2.45, 2.75) is 0 Å². The van der Waals surface area contributed by atoms with Crippen molar-refractivity contribution in [1.29, 1.82) is 0 Å². The molecule has 0 aliphatic rings. The number of fused-ring (bicyclic) bond motifs is 3. The molecule has 7 aromatic rings. The molecule has 0 atom stereocenters. The van der Waals surface area contributed by atoms with E-state index in [1.807, 2.05) is 24.3 Å². The Hall–Kier alpha value is -4.69. The lowest BCUT2D eigenvalue weighted by molar-refractivity contribution is 0.620. The van der Waals surface area contributed by atoms with Crippen LogP contribution in [0.2, 0.25) is 0 Å². The Labute approximate surface area is 203 Å². The minimum Gasteiger partial charge on any atom is -0.436 e. The van der Waals surface area contributed by atoms with E-state index in [0.717, 1.165) is 16.7 Å². The zero-order valence-electron chi connectivity index (χ0n) is 19.0. The second kappa shape index (κ2) is 7.96. The highest BCUT2D eigenvalue weighted by Crippen LogP contribution is 2.44. The predicted octanol–water partition coefficient (Wildman–Crippen LogP) is 9.14. The van der Waals surface area contributed by atoms with Gasteiger partial charge in [0.15, 0.2) is 5.58 Å². The third kappa shape index (κ3) is 3.23. The molecule has 164 valence electrons. The molecule has 0 aliphatic heterocycles. The van der Waals surface area contributed by atoms with Crippen LogP contribution < -0.4 is 0 Å². The van der Waals surface area contributed by atoms with Gasteiger partial charge in [0.1, 0.15) is 5.52 Å². The largest absolute Gasteiger partial charge is 0.436 e. The van der Waals surface area contributed by atoms with E-state index in [1.165, 1.54) is 43.8 Å². The molecule has 0 fully saturated rings. The Morgan fingerprint density at radius 1 is 0.429 bits per heavy atom. The molecule has 0 spiro atoms. The van der Waals surface area contributed by atoms with Crippen LogP contribution in [-0.4, -0.2) is 4.98 Å². The average Bonchev–Trinajstić information content (AvgIpc) is 3.37. The van der Waals surface area contributed by atoms with Crippen molar-refractivity contribution in [3.8, 4) is 33.7 Å². The van der Waals surface area contributed by atoms with E-state index in [4.69, 9.17) is 9.40 Å². The summed E-state index contributed by atoms with van der Waals surface area (Å²) >= 11 is 0. The molecule has 2 nitrogen and oxygen atoms in total. The molecule has 0 amide bonds. The van der Waals surface area contributed by atoms with Crippen molar-refractivity contribution < 1.29 is 4.42 Å². The molecule has 0 N–H and O–H groups in total. The summed E-state index contributed by atoms with van der Waals surface area (Å²) in [6, 6.07) is 44.5. The molecule has 2 heteroatoms. The third-order valence-electron chi connectivity index (χ3n) is 6.69. The number of hydrogen-bond acceptors (Lipinski definition) is 2. The molecule has 0 saturated heterocycles. The van der Waals surface area contributed by atoms with E-state index in [2.05, 4.69) is 103 Å². The Bertz CT molecular complexity index is 1800. The third-order valence-corrected chi connectivity index (χ3v) is 6.69. The topological polar surface area (TPSA) is 26.0 Å². The molecule has 0 aliphatic carbocycles. The van der Waals surface area contributed by atoms with Crippen LogP contribution >= 0.6 is 0 Å². The SMILES string of the molecule is c1ccc(-c2c3ccccc3c(-c3ccccc3)c3cc(-c4nc5ccccc5o4)ccc23)cc1. The summed E-state index contributed by atoms with van der Waals surface area (Å²) in [7, 11) is 0. The first-order chi connectivity index (χ1) is 17.4. The lowest BCUT2D eigenvalue weighted by atomic mass is 9.85. The Morgan fingerprint density at radius 3 is 1.63 bits per heavy atom. The van der Waals surface area contributed by atoms with Gasteiger partial charge in [-0.05, 0) is 68.1 Å². The summed E-state index contributed by atoms with van der Waals surface area (Å²) in [4.78, 5) is 4.77. The molecule has 0 bridgehead atoms. The minimum atomic E-state index is 0.640. The van der Waals surface area contributed by atoms with Gasteiger partial charge in [-0.1, -0.05) is 103 Å². The van der Waals surface area contributed by atoms with E-state index in [0.29, 0.717) is 5.89 Å². The first-order valence-corrected chi connectivity index (χ1v) is 11.8. The van der Waals surface area contributed by atoms with Gasteiger partial charge in [-0.2, -0.15) is 0 Å². The number of oxazole rings is 1. The van der Waals surface area contributed by atoms with Crippen LogP contribution in [0.3, 0.4) is 0 Å². The molecule has 0 unspecified atom stereocenters. The van der Waals surface area contributed by atoms with Crippen molar-refractivity contribution in [2.24, 2.45) is 0 Å². The highest BCUT2D eigenvalue weighted by atomic mass is 16.3. The van der Waals surface area contributed by atoms with Crippen molar-refractivity contribution in [3.05, 3.63) is 127 Å². The Kier molecular flexibility index (Phi) is 4.49. The summed E-state index contributed by atoms with van der Waals surface area (Å²) in [6.45, 7) is 0. The standard InChI is InChI=1S/C33H21NO/c1-3-11-22(12-4-1)31-25-15-7-8-16-26(25)32(23-13-5-2-6-14-23)28-21-24(19-20-27(28)31)33-34-29-17-9-10-18-30(29)35-33/h1-21H. The van der Waals surface area contributed by atoms with Gasteiger partial charge in [0.25, 0.3) is 0 Å². The molecule has 1 aromatic heterocycles. The molecule has 0 saturated carbocycles. The number of hydrogen-bond donors (Lipinski definition) is 0. The monoisotopic (exact) mass is 447 g/mol. The van der Waals surface area contributed by atoms with Crippen LogP contribution in [0.25, 0.3) is 66.4 Å². The van der Waals surface area contributed by atoms with E-state index in [-0.39, 0.29) is 0 Å². The molecular formula is C33H21NO. The normalized spacial score (nSPS) is 11.4. The number of rotatable bonds is 3. The van der Waals surface area contributed by atoms with Gasteiger partial charge >= 0.3 is 0 Å². The Morgan fingerprint density at radius 2 is 0.971 bits per heavy atom. The van der Waals surface area contributed by atoms with Crippen LogP contribution in [0.4, 0.5) is 0 Å². The van der Waals surface area contributed by atoms with Crippen molar-refractivity contribution in [1.82, 2.24) is 4.98 Å². The van der Waals surface area contributed by atoms with Gasteiger partial charge in [0, 0.05) is 5.56 Å². The van der Waals surface area contributed by atoms with Crippen LogP contribution in [-0.2, 0) is 0 Å². The number of aromatic nitrogens is 1. The highest BCUT2D eigenvalue weighted by molar-refractivity contribution is 6.21. The van der Waals surface area contributed by atoms with E-state index >= 15 is 0 Å². The lowest BCUT2D eigenvalue weighted by Gasteiger charge is -2.18. The summed E-state index contributed by atoms with van der Waals surface area (Å²) in [6.07, 6.45) is 0. The maximum absolute atomic E-state index is 6.14. The molecule has 6 aromatic carbocycles. The van der Waals surface area contributed by atoms with Crippen molar-refractivity contribution >= 4 is 32.6 Å². The number of para-hydroxylation sites is 2. The van der Waals surface area contributed by atoms with Gasteiger partial charge in [0.05, 0.1) is 0 Å². The second-order valence-electron chi connectivity index (χ2n) is 8.77. The average molecular weight is 448 g/mol. The van der Waals surface area contributed by atoms with Crippen LogP contribution in [0.15, 0.2) is 132 Å². The van der Waals surface area contributed by atoms with Crippen LogP contribution in [0.1, 0.15) is 0 Å². The quantitative estimate of drug-likeness (QED) is 0.252. The first-order valence-electron chi connectivity index (χ1n) is 11.8. The number of nitrogens with zero attached hydrogens (tertiary/aromatic N) is 1. The highest BCUT2D eigenvalue weighted by Gasteiger charge is 2.18. The molecule has 0 radical (unpaired) electrons. The second-order valence-corrected chi connectivity index (χ2v) is 8.77. The molecule has 1 heterocycles. The van der Waals surface area contributed by atoms with Gasteiger partial charge in [-0.25, -0.2) is 4.98 Å². The van der Waals surface area contributed by atoms with Crippen LogP contribution in [0.5, 0.6) is 0 Å². The molecule has 7 rings (SSSR count). The maximum Gasteiger partial charge on any atom is 0.227 e. The summed E-state index contributed by atoms with van der Waals surface area (Å²) in [5.74, 6) is 0.640. The fourth-order valence-corrected chi connectivity index (χ4v) is 5.14. The summed E-state index contributed by atoms with van der Waals surface area (Å²) in [5.41, 5.74) is 7.53. The van der Waals surface area contributed by atoms with Crippen molar-refractivity contribution in [3.63, 3.8) is 0 Å². The molecular weight excluding hydrogens is 426 g/mol. The van der Waals surface area contributed by atoms with Crippen LogP contribution in [0, 0.1) is 0 Å². The first kappa shape index (κ1) is 19.7. The van der Waals surface area contributed by atoms with E-state index < -0.39 is 0 Å². The van der Waals surface area contributed by atoms with Gasteiger partial charge in [-0.3, -0.25) is 0 Å². The zero-order valence-corrected chi connectivity index (χ0v) is 19.0. The number of benzene rings is 6. The zero-order chi connectivity index (χ0) is 23.2. The predicted molar refractivity (Wildman–Crippen MR) is 145 cm³/mol. The van der Waals surface area contributed by atoms with Crippen molar-refractivity contribution in [2.75, 3.05) is 0 Å². The lowest BCUT2D eigenvalue weighted by Crippen LogP contribution is -1.91. The van der Waals surface area contributed by atoms with Gasteiger partial charge < -0.3 is 4.42 Å². The van der Waals surface area contributed by atoms with E-state index in [1.54, 1.807) is 0 Å². The van der Waals surface area contributed by atoms with Gasteiger partial charge in [-0.15, -0.1) is 0 Å². The fourth-order valence-electron chi connectivity index (χ4n) is 5.14. The Balaban J connectivity index is 1.62. The minimum absolute atomic E-state index is 0.640. The fraction of sp³-hybridized carbons (Fsp3) is 0.